The molecule has 1 aliphatic heterocycles. The monoisotopic (exact) mass is 146 g/mol. The normalized spacial score (nSPS) is 39.9. The molecule has 0 spiro atoms. The van der Waals surface area contributed by atoms with Crippen molar-refractivity contribution < 1.29 is 19.7 Å². The molecule has 0 radical (unpaired) electrons. The van der Waals surface area contributed by atoms with E-state index < -0.39 is 18.2 Å². The maximum absolute atomic E-state index is 10.6. The minimum atomic E-state index is -1.06. The van der Waals surface area contributed by atoms with Crippen LogP contribution in [0.15, 0.2) is 0 Å². The molecule has 0 aromatic rings. The Morgan fingerprint density at radius 1 is 1.70 bits per heavy atom. The van der Waals surface area contributed by atoms with Crippen LogP contribution in [0.3, 0.4) is 0 Å². The molecule has 0 aromatic heterocycles. The standard InChI is InChI=1S/C6H10O4/c1-3-4(2-7)10-6(9)5(3)8/h3-5,7-8H,2H2,1H3/t3-,4-,5+/m1/s1. The van der Waals surface area contributed by atoms with Gasteiger partial charge in [0, 0.05) is 5.92 Å². The van der Waals surface area contributed by atoms with Gasteiger partial charge in [-0.2, -0.15) is 0 Å². The minimum Gasteiger partial charge on any atom is -0.458 e. The van der Waals surface area contributed by atoms with Crippen molar-refractivity contribution in [2.45, 2.75) is 19.1 Å². The summed E-state index contributed by atoms with van der Waals surface area (Å²) in [5.74, 6) is -0.927. The lowest BCUT2D eigenvalue weighted by atomic mass is 10.0. The van der Waals surface area contributed by atoms with E-state index in [0.29, 0.717) is 0 Å². The number of carbonyl (C=O) groups is 1. The fourth-order valence-corrected chi connectivity index (χ4v) is 0.948. The molecule has 0 saturated carbocycles. The number of hydrogen-bond donors (Lipinski definition) is 2. The Bertz CT molecular complexity index is 145. The first-order valence-electron chi connectivity index (χ1n) is 3.16. The van der Waals surface area contributed by atoms with Crippen LogP contribution in [0.4, 0.5) is 0 Å². The van der Waals surface area contributed by atoms with E-state index in [1.54, 1.807) is 6.92 Å². The molecule has 4 nitrogen and oxygen atoms in total. The SMILES string of the molecule is C[C@H]1[C@H](O)C(=O)O[C@@H]1CO. The molecule has 3 atom stereocenters. The highest BCUT2D eigenvalue weighted by Gasteiger charge is 2.39. The molecular formula is C6H10O4. The lowest BCUT2D eigenvalue weighted by Crippen LogP contribution is -2.24. The summed E-state index contributed by atoms with van der Waals surface area (Å²) in [4.78, 5) is 10.6. The lowest BCUT2D eigenvalue weighted by Gasteiger charge is -2.09. The van der Waals surface area contributed by atoms with Crippen LogP contribution in [0.1, 0.15) is 6.92 Å². The zero-order chi connectivity index (χ0) is 7.72. The van der Waals surface area contributed by atoms with Crippen molar-refractivity contribution in [3.05, 3.63) is 0 Å². The van der Waals surface area contributed by atoms with Crippen molar-refractivity contribution in [3.8, 4) is 0 Å². The molecule has 0 amide bonds. The molecular weight excluding hydrogens is 136 g/mol. The summed E-state index contributed by atoms with van der Waals surface area (Å²) in [5.41, 5.74) is 0. The number of rotatable bonds is 1. The highest BCUT2D eigenvalue weighted by Crippen LogP contribution is 2.21. The second-order valence-electron chi connectivity index (χ2n) is 2.46. The fourth-order valence-electron chi connectivity index (χ4n) is 0.948. The van der Waals surface area contributed by atoms with E-state index >= 15 is 0 Å². The first-order chi connectivity index (χ1) is 4.66. The van der Waals surface area contributed by atoms with E-state index in [9.17, 15) is 4.79 Å². The third-order valence-electron chi connectivity index (χ3n) is 1.77. The van der Waals surface area contributed by atoms with Crippen molar-refractivity contribution in [2.75, 3.05) is 6.61 Å². The van der Waals surface area contributed by atoms with Gasteiger partial charge in [0.15, 0.2) is 6.10 Å². The van der Waals surface area contributed by atoms with Gasteiger partial charge in [0.1, 0.15) is 6.10 Å². The van der Waals surface area contributed by atoms with Gasteiger partial charge in [-0.1, -0.05) is 6.92 Å². The first kappa shape index (κ1) is 7.50. The lowest BCUT2D eigenvalue weighted by molar-refractivity contribution is -0.148. The smallest absolute Gasteiger partial charge is 0.335 e. The number of hydrogen-bond acceptors (Lipinski definition) is 4. The predicted molar refractivity (Wildman–Crippen MR) is 32.1 cm³/mol. The third kappa shape index (κ3) is 0.998. The molecule has 58 valence electrons. The van der Waals surface area contributed by atoms with Crippen molar-refractivity contribution >= 4 is 5.97 Å². The van der Waals surface area contributed by atoms with Crippen LogP contribution in [-0.4, -0.2) is 35.0 Å². The zero-order valence-electron chi connectivity index (χ0n) is 5.65. The predicted octanol–water partition coefficient (Wildman–Crippen LogP) is -1.10. The van der Waals surface area contributed by atoms with E-state index in [4.69, 9.17) is 10.2 Å². The van der Waals surface area contributed by atoms with Crippen molar-refractivity contribution in [2.24, 2.45) is 5.92 Å². The molecule has 1 fully saturated rings. The van der Waals surface area contributed by atoms with Crippen LogP contribution in [0.2, 0.25) is 0 Å². The summed E-state index contributed by atoms with van der Waals surface area (Å²) in [6, 6.07) is 0. The Labute approximate surface area is 58.4 Å². The van der Waals surface area contributed by atoms with Crippen LogP contribution >= 0.6 is 0 Å². The number of ether oxygens (including phenoxy) is 1. The maximum Gasteiger partial charge on any atom is 0.335 e. The largest absolute Gasteiger partial charge is 0.458 e. The summed E-state index contributed by atoms with van der Waals surface area (Å²) in [6.07, 6.45) is -1.58. The summed E-state index contributed by atoms with van der Waals surface area (Å²) < 4.78 is 4.60. The van der Waals surface area contributed by atoms with Gasteiger partial charge in [-0.15, -0.1) is 0 Å². The summed E-state index contributed by atoms with van der Waals surface area (Å²) in [5, 5.41) is 17.6. The molecule has 1 heterocycles. The molecule has 0 bridgehead atoms. The van der Waals surface area contributed by atoms with Crippen molar-refractivity contribution in [1.82, 2.24) is 0 Å². The van der Waals surface area contributed by atoms with Gasteiger partial charge in [-0.3, -0.25) is 0 Å². The van der Waals surface area contributed by atoms with Gasteiger partial charge in [-0.25, -0.2) is 4.79 Å². The van der Waals surface area contributed by atoms with Crippen molar-refractivity contribution in [3.63, 3.8) is 0 Å². The maximum atomic E-state index is 10.6. The highest BCUT2D eigenvalue weighted by atomic mass is 16.6. The first-order valence-corrected chi connectivity index (χ1v) is 3.16. The second kappa shape index (κ2) is 2.56. The van der Waals surface area contributed by atoms with Gasteiger partial charge >= 0.3 is 5.97 Å². The van der Waals surface area contributed by atoms with E-state index in [-0.39, 0.29) is 12.5 Å². The summed E-state index contributed by atoms with van der Waals surface area (Å²) in [7, 11) is 0. The molecule has 0 aromatic carbocycles. The number of aliphatic hydroxyl groups excluding tert-OH is 2. The summed E-state index contributed by atoms with van der Waals surface area (Å²) in [6.45, 7) is 1.44. The topological polar surface area (TPSA) is 66.8 Å². The van der Waals surface area contributed by atoms with Crippen LogP contribution < -0.4 is 0 Å². The Kier molecular flexibility index (Phi) is 1.92. The Morgan fingerprint density at radius 3 is 2.50 bits per heavy atom. The third-order valence-corrected chi connectivity index (χ3v) is 1.77. The second-order valence-corrected chi connectivity index (χ2v) is 2.46. The van der Waals surface area contributed by atoms with Crippen molar-refractivity contribution in [1.29, 1.82) is 0 Å². The van der Waals surface area contributed by atoms with Gasteiger partial charge in [0.05, 0.1) is 6.61 Å². The highest BCUT2D eigenvalue weighted by molar-refractivity contribution is 5.77. The van der Waals surface area contributed by atoms with E-state index in [1.165, 1.54) is 0 Å². The molecule has 2 N–H and O–H groups in total. The Balaban J connectivity index is 2.61. The van der Waals surface area contributed by atoms with Gasteiger partial charge in [0.2, 0.25) is 0 Å². The molecule has 1 rings (SSSR count). The fraction of sp³-hybridized carbons (Fsp3) is 0.833. The van der Waals surface area contributed by atoms with E-state index in [0.717, 1.165) is 0 Å². The number of esters is 1. The Hall–Kier alpha value is -0.610. The molecule has 1 saturated heterocycles. The average Bonchev–Trinajstić information content (AvgIpc) is 2.17. The molecule has 10 heavy (non-hydrogen) atoms. The van der Waals surface area contributed by atoms with E-state index in [2.05, 4.69) is 4.74 Å². The van der Waals surface area contributed by atoms with Crippen LogP contribution in [-0.2, 0) is 9.53 Å². The molecule has 0 unspecified atom stereocenters. The number of carbonyl (C=O) groups excluding carboxylic acids is 1. The molecule has 0 aliphatic carbocycles. The number of cyclic esters (lactones) is 1. The molecule has 4 heteroatoms. The molecule has 1 aliphatic rings. The quantitative estimate of drug-likeness (QED) is 0.461. The van der Waals surface area contributed by atoms with Crippen LogP contribution in [0.5, 0.6) is 0 Å². The van der Waals surface area contributed by atoms with Gasteiger partial charge in [0.25, 0.3) is 0 Å². The van der Waals surface area contributed by atoms with Gasteiger partial charge in [-0.05, 0) is 0 Å². The average molecular weight is 146 g/mol. The Morgan fingerprint density at radius 2 is 2.30 bits per heavy atom. The number of aliphatic hydroxyl groups is 2. The van der Waals surface area contributed by atoms with Crippen LogP contribution in [0.25, 0.3) is 0 Å². The zero-order valence-corrected chi connectivity index (χ0v) is 5.65. The minimum absolute atomic E-state index is 0.218. The van der Waals surface area contributed by atoms with Crippen LogP contribution in [0, 0.1) is 5.92 Å². The van der Waals surface area contributed by atoms with Gasteiger partial charge < -0.3 is 14.9 Å². The summed E-state index contributed by atoms with van der Waals surface area (Å²) >= 11 is 0. The van der Waals surface area contributed by atoms with E-state index in [1.807, 2.05) is 0 Å².